The smallest absolute Gasteiger partial charge is 0.338 e. The molecule has 0 bridgehead atoms. The van der Waals surface area contributed by atoms with Gasteiger partial charge in [0.05, 0.1) is 18.1 Å². The van der Waals surface area contributed by atoms with Crippen LogP contribution in [0.4, 0.5) is 5.69 Å². The second-order valence-corrected chi connectivity index (χ2v) is 6.96. The highest BCUT2D eigenvalue weighted by atomic mass is 35.5. The predicted molar refractivity (Wildman–Crippen MR) is 106 cm³/mol. The zero-order valence-corrected chi connectivity index (χ0v) is 16.2. The summed E-state index contributed by atoms with van der Waals surface area (Å²) in [5, 5.41) is 3.40. The first-order valence-corrected chi connectivity index (χ1v) is 9.45. The van der Waals surface area contributed by atoms with Gasteiger partial charge in [-0.15, -0.1) is 0 Å². The number of benzene rings is 2. The summed E-state index contributed by atoms with van der Waals surface area (Å²) in [5.74, 6) is -1.13. The molecule has 146 valence electrons. The van der Waals surface area contributed by atoms with Gasteiger partial charge in [-0.1, -0.05) is 29.8 Å². The third-order valence-electron chi connectivity index (χ3n) is 4.57. The van der Waals surface area contributed by atoms with E-state index < -0.39 is 11.9 Å². The van der Waals surface area contributed by atoms with Gasteiger partial charge in [-0.25, -0.2) is 4.79 Å². The molecule has 0 saturated carbocycles. The molecule has 2 aromatic carbocycles. The Morgan fingerprint density at radius 2 is 1.89 bits per heavy atom. The summed E-state index contributed by atoms with van der Waals surface area (Å²) in [6.45, 7) is 2.77. The minimum atomic E-state index is -0.431. The molecule has 7 heteroatoms. The number of ether oxygens (including phenoxy) is 1. The van der Waals surface area contributed by atoms with Crippen LogP contribution in [0.15, 0.2) is 48.5 Å². The molecule has 0 aromatic heterocycles. The van der Waals surface area contributed by atoms with E-state index in [9.17, 15) is 14.4 Å². The fourth-order valence-corrected chi connectivity index (χ4v) is 3.28. The van der Waals surface area contributed by atoms with E-state index in [1.807, 2.05) is 18.2 Å². The number of anilines is 1. The average Bonchev–Trinajstić information content (AvgIpc) is 3.05. The first-order valence-electron chi connectivity index (χ1n) is 9.07. The fourth-order valence-electron chi connectivity index (χ4n) is 3.08. The maximum Gasteiger partial charge on any atom is 0.338 e. The molecule has 1 atom stereocenters. The van der Waals surface area contributed by atoms with Gasteiger partial charge in [-0.2, -0.15) is 0 Å². The van der Waals surface area contributed by atoms with Crippen LogP contribution in [0, 0.1) is 5.92 Å². The van der Waals surface area contributed by atoms with E-state index in [1.165, 1.54) is 0 Å². The van der Waals surface area contributed by atoms with Crippen molar-refractivity contribution in [3.05, 3.63) is 64.7 Å². The maximum atomic E-state index is 12.5. The van der Waals surface area contributed by atoms with Gasteiger partial charge in [0.2, 0.25) is 11.8 Å². The van der Waals surface area contributed by atoms with Crippen LogP contribution in [0.1, 0.15) is 29.3 Å². The Labute approximate surface area is 168 Å². The van der Waals surface area contributed by atoms with Crippen molar-refractivity contribution in [2.24, 2.45) is 5.92 Å². The van der Waals surface area contributed by atoms with Gasteiger partial charge in [0, 0.05) is 30.2 Å². The highest BCUT2D eigenvalue weighted by molar-refractivity contribution is 6.31. The summed E-state index contributed by atoms with van der Waals surface area (Å²) in [6.07, 6.45) is 0.164. The van der Waals surface area contributed by atoms with Crippen molar-refractivity contribution in [3.8, 4) is 0 Å². The lowest BCUT2D eigenvalue weighted by Crippen LogP contribution is -2.28. The van der Waals surface area contributed by atoms with Crippen molar-refractivity contribution in [2.75, 3.05) is 18.5 Å². The number of carbonyl (C=O) groups is 3. The topological polar surface area (TPSA) is 75.7 Å². The molecular formula is C21H21ClN2O4. The molecule has 28 heavy (non-hydrogen) atoms. The van der Waals surface area contributed by atoms with Crippen LogP contribution in [0.25, 0.3) is 0 Å². The van der Waals surface area contributed by atoms with E-state index >= 15 is 0 Å². The summed E-state index contributed by atoms with van der Waals surface area (Å²) in [7, 11) is 0. The van der Waals surface area contributed by atoms with E-state index in [0.29, 0.717) is 36.0 Å². The van der Waals surface area contributed by atoms with Gasteiger partial charge in [-0.05, 0) is 42.8 Å². The molecule has 1 heterocycles. The van der Waals surface area contributed by atoms with Crippen molar-refractivity contribution in [2.45, 2.75) is 19.9 Å². The van der Waals surface area contributed by atoms with Crippen molar-refractivity contribution in [1.29, 1.82) is 0 Å². The van der Waals surface area contributed by atoms with Crippen molar-refractivity contribution in [3.63, 3.8) is 0 Å². The summed E-state index contributed by atoms with van der Waals surface area (Å²) in [6, 6.07) is 13.8. The Kier molecular flexibility index (Phi) is 6.31. The highest BCUT2D eigenvalue weighted by Gasteiger charge is 2.34. The molecule has 1 N–H and O–H groups in total. The Morgan fingerprint density at radius 1 is 1.18 bits per heavy atom. The Hall–Kier alpha value is -2.86. The SMILES string of the molecule is CCOC(=O)c1ccc(NC(=O)[C@H]2CC(=O)N(Cc3ccccc3Cl)C2)cc1. The molecule has 2 aromatic rings. The van der Waals surface area contributed by atoms with Crippen molar-refractivity contribution in [1.82, 2.24) is 4.90 Å². The second kappa shape index (κ2) is 8.89. The summed E-state index contributed by atoms with van der Waals surface area (Å²) in [4.78, 5) is 38.1. The molecule has 0 aliphatic carbocycles. The number of halogens is 1. The maximum absolute atomic E-state index is 12.5. The van der Waals surface area contributed by atoms with Crippen LogP contribution in [0.2, 0.25) is 5.02 Å². The molecule has 6 nitrogen and oxygen atoms in total. The third kappa shape index (κ3) is 4.70. The third-order valence-corrected chi connectivity index (χ3v) is 4.94. The monoisotopic (exact) mass is 400 g/mol. The van der Waals surface area contributed by atoms with Gasteiger partial charge in [0.25, 0.3) is 0 Å². The first-order chi connectivity index (χ1) is 13.5. The number of rotatable bonds is 6. The molecule has 0 unspecified atom stereocenters. The van der Waals surface area contributed by atoms with E-state index in [2.05, 4.69) is 5.32 Å². The molecule has 0 radical (unpaired) electrons. The van der Waals surface area contributed by atoms with Gasteiger partial charge in [0.15, 0.2) is 0 Å². The minimum absolute atomic E-state index is 0.0715. The summed E-state index contributed by atoms with van der Waals surface area (Å²) >= 11 is 6.16. The molecule has 0 spiro atoms. The first kappa shape index (κ1) is 19.9. The molecular weight excluding hydrogens is 380 g/mol. The van der Waals surface area contributed by atoms with Crippen molar-refractivity contribution >= 4 is 35.1 Å². The van der Waals surface area contributed by atoms with Crippen LogP contribution in [0.3, 0.4) is 0 Å². The van der Waals surface area contributed by atoms with Crippen molar-refractivity contribution < 1.29 is 19.1 Å². The Balaban J connectivity index is 1.58. The van der Waals surface area contributed by atoms with Crippen LogP contribution in [-0.4, -0.2) is 35.8 Å². The zero-order valence-electron chi connectivity index (χ0n) is 15.5. The molecule has 1 fully saturated rings. The minimum Gasteiger partial charge on any atom is -0.462 e. The van der Waals surface area contributed by atoms with E-state index in [-0.39, 0.29) is 18.2 Å². The largest absolute Gasteiger partial charge is 0.462 e. The van der Waals surface area contributed by atoms with Gasteiger partial charge >= 0.3 is 5.97 Å². The number of esters is 1. The summed E-state index contributed by atoms with van der Waals surface area (Å²) < 4.78 is 4.93. The van der Waals surface area contributed by atoms with Gasteiger partial charge in [-0.3, -0.25) is 9.59 Å². The van der Waals surface area contributed by atoms with Crippen LogP contribution in [-0.2, 0) is 20.9 Å². The number of nitrogens with one attached hydrogen (secondary N) is 1. The highest BCUT2D eigenvalue weighted by Crippen LogP contribution is 2.24. The molecule has 1 aliphatic rings. The van der Waals surface area contributed by atoms with Gasteiger partial charge in [0.1, 0.15) is 0 Å². The number of likely N-dealkylation sites (tertiary alicyclic amines) is 1. The Bertz CT molecular complexity index is 882. The van der Waals surface area contributed by atoms with Crippen LogP contribution >= 0.6 is 11.6 Å². The number of hydrogen-bond donors (Lipinski definition) is 1. The lowest BCUT2D eigenvalue weighted by atomic mass is 10.1. The van der Waals surface area contributed by atoms with Crippen LogP contribution < -0.4 is 5.32 Å². The quantitative estimate of drug-likeness (QED) is 0.753. The van der Waals surface area contributed by atoms with E-state index in [1.54, 1.807) is 42.2 Å². The second-order valence-electron chi connectivity index (χ2n) is 6.55. The lowest BCUT2D eigenvalue weighted by molar-refractivity contribution is -0.128. The summed E-state index contributed by atoms with van der Waals surface area (Å²) in [5.41, 5.74) is 1.84. The standard InChI is InChI=1S/C21H21ClN2O4/c1-2-28-21(27)14-7-9-17(10-8-14)23-20(26)16-11-19(25)24(13-16)12-15-5-3-4-6-18(15)22/h3-10,16H,2,11-13H2,1H3,(H,23,26)/t16-/m0/s1. The molecule has 3 rings (SSSR count). The number of amides is 2. The molecule has 1 saturated heterocycles. The van der Waals surface area contributed by atoms with E-state index in [0.717, 1.165) is 5.56 Å². The Morgan fingerprint density at radius 3 is 2.57 bits per heavy atom. The fraction of sp³-hybridized carbons (Fsp3) is 0.286. The number of carbonyl (C=O) groups excluding carboxylic acids is 3. The van der Waals surface area contributed by atoms with Gasteiger partial charge < -0.3 is 15.0 Å². The predicted octanol–water partition coefficient (Wildman–Crippen LogP) is 3.50. The van der Waals surface area contributed by atoms with Crippen LogP contribution in [0.5, 0.6) is 0 Å². The normalized spacial score (nSPS) is 16.1. The average molecular weight is 401 g/mol. The number of nitrogens with zero attached hydrogens (tertiary/aromatic N) is 1. The zero-order chi connectivity index (χ0) is 20.1. The number of hydrogen-bond acceptors (Lipinski definition) is 4. The van der Waals surface area contributed by atoms with E-state index in [4.69, 9.17) is 16.3 Å². The molecule has 1 aliphatic heterocycles. The molecule has 2 amide bonds. The lowest BCUT2D eigenvalue weighted by Gasteiger charge is -2.17.